The number of hydrogen-bond donors (Lipinski definition) is 0. The van der Waals surface area contributed by atoms with E-state index in [0.29, 0.717) is 28.6 Å². The van der Waals surface area contributed by atoms with Crippen molar-refractivity contribution >= 4 is 33.2 Å². The third-order valence-corrected chi connectivity index (χ3v) is 11.1. The Morgan fingerprint density at radius 2 is 0.807 bits per heavy atom. The molecule has 0 saturated heterocycles. The third kappa shape index (κ3) is 5.74. The standard InChI is InChI=1S/C52H31N5/c53-32-34-13-25-45(26-14-34)52(46-27-15-35(33-54)16-28-46)47-12-6-5-11-42(47)31-48(52)38-19-21-39(22-20-38)49-55-50(43-23-17-36-7-1-3-9-40(36)29-43)57-51(56-49)44-24-18-37-8-2-4-10-41(37)30-44/h1-31H. The second kappa shape index (κ2) is 13.7. The van der Waals surface area contributed by atoms with E-state index in [1.807, 2.05) is 48.5 Å². The van der Waals surface area contributed by atoms with Gasteiger partial charge in [-0.1, -0.05) is 146 Å². The Morgan fingerprint density at radius 3 is 1.32 bits per heavy atom. The molecule has 8 aromatic carbocycles. The van der Waals surface area contributed by atoms with E-state index in [1.165, 1.54) is 0 Å². The predicted octanol–water partition coefficient (Wildman–Crippen LogP) is 11.8. The van der Waals surface area contributed by atoms with Crippen LogP contribution in [0.15, 0.2) is 182 Å². The number of hydrogen-bond acceptors (Lipinski definition) is 5. The molecule has 0 amide bonds. The summed E-state index contributed by atoms with van der Waals surface area (Å²) in [4.78, 5) is 15.2. The first-order valence-electron chi connectivity index (χ1n) is 18.8. The van der Waals surface area contributed by atoms with Crippen molar-refractivity contribution < 1.29 is 0 Å². The fraction of sp³-hybridized carbons (Fsp3) is 0.0192. The Bertz CT molecular complexity index is 2970. The van der Waals surface area contributed by atoms with Gasteiger partial charge in [0.2, 0.25) is 0 Å². The smallest absolute Gasteiger partial charge is 0.164 e. The summed E-state index contributed by atoms with van der Waals surface area (Å²) in [5.41, 5.74) is 9.61. The molecule has 0 spiro atoms. The van der Waals surface area contributed by atoms with Gasteiger partial charge in [-0.15, -0.1) is 0 Å². The van der Waals surface area contributed by atoms with Crippen molar-refractivity contribution in [3.05, 3.63) is 221 Å². The lowest BCUT2D eigenvalue weighted by Gasteiger charge is -2.36. The molecule has 1 heterocycles. The van der Waals surface area contributed by atoms with Crippen molar-refractivity contribution in [3.63, 3.8) is 0 Å². The maximum absolute atomic E-state index is 9.68. The van der Waals surface area contributed by atoms with Crippen LogP contribution in [0.25, 0.3) is 67.4 Å². The SMILES string of the molecule is N#Cc1ccc(C2(c3ccc(C#N)cc3)C(c3ccc(-c4nc(-c5ccc6ccccc6c5)nc(-c5ccc6ccccc6c5)n4)cc3)=Cc3ccccc32)cc1. The minimum Gasteiger partial charge on any atom is -0.208 e. The minimum absolute atomic E-state index is 0.581. The van der Waals surface area contributed by atoms with Gasteiger partial charge in [0.15, 0.2) is 17.5 Å². The van der Waals surface area contributed by atoms with Crippen LogP contribution < -0.4 is 0 Å². The number of allylic oxidation sites excluding steroid dienone is 1. The summed E-state index contributed by atoms with van der Waals surface area (Å²) in [7, 11) is 0. The van der Waals surface area contributed by atoms with Crippen LogP contribution in [0.3, 0.4) is 0 Å². The zero-order chi connectivity index (χ0) is 38.3. The molecule has 264 valence electrons. The monoisotopic (exact) mass is 725 g/mol. The van der Waals surface area contributed by atoms with Gasteiger partial charge in [-0.25, -0.2) is 15.0 Å². The second-order valence-corrected chi connectivity index (χ2v) is 14.3. The molecular weight excluding hydrogens is 695 g/mol. The normalized spacial score (nSPS) is 12.8. The van der Waals surface area contributed by atoms with Gasteiger partial charge in [0.1, 0.15) is 0 Å². The van der Waals surface area contributed by atoms with E-state index >= 15 is 0 Å². The average Bonchev–Trinajstić information content (AvgIpc) is 3.64. The van der Waals surface area contributed by atoms with Crippen LogP contribution in [-0.2, 0) is 5.41 Å². The Morgan fingerprint density at radius 1 is 0.386 bits per heavy atom. The van der Waals surface area contributed by atoms with Gasteiger partial charge in [-0.2, -0.15) is 10.5 Å². The van der Waals surface area contributed by atoms with Crippen LogP contribution >= 0.6 is 0 Å². The van der Waals surface area contributed by atoms with Crippen molar-refractivity contribution in [3.8, 4) is 46.3 Å². The molecule has 0 fully saturated rings. The number of rotatable bonds is 6. The van der Waals surface area contributed by atoms with E-state index < -0.39 is 5.41 Å². The molecular formula is C52H31N5. The molecule has 0 saturated carbocycles. The fourth-order valence-electron chi connectivity index (χ4n) is 8.27. The van der Waals surface area contributed by atoms with Gasteiger partial charge in [-0.3, -0.25) is 0 Å². The van der Waals surface area contributed by atoms with Gasteiger partial charge >= 0.3 is 0 Å². The number of nitrogens with zero attached hydrogens (tertiary/aromatic N) is 5. The number of benzene rings is 8. The lowest BCUT2D eigenvalue weighted by Crippen LogP contribution is -2.29. The van der Waals surface area contributed by atoms with Crippen molar-refractivity contribution in [1.82, 2.24) is 15.0 Å². The molecule has 0 N–H and O–H groups in total. The quantitative estimate of drug-likeness (QED) is 0.170. The lowest BCUT2D eigenvalue weighted by atomic mass is 9.65. The molecule has 0 unspecified atom stereocenters. The molecule has 57 heavy (non-hydrogen) atoms. The summed E-state index contributed by atoms with van der Waals surface area (Å²) in [6, 6.07) is 66.4. The van der Waals surface area contributed by atoms with Crippen LogP contribution in [0.5, 0.6) is 0 Å². The maximum Gasteiger partial charge on any atom is 0.164 e. The average molecular weight is 726 g/mol. The van der Waals surface area contributed by atoms with Gasteiger partial charge < -0.3 is 0 Å². The van der Waals surface area contributed by atoms with Crippen LogP contribution in [0.1, 0.15) is 38.9 Å². The van der Waals surface area contributed by atoms with E-state index in [2.05, 4.69) is 152 Å². The molecule has 0 atom stereocenters. The summed E-state index contributed by atoms with van der Waals surface area (Å²) in [6.07, 6.45) is 2.26. The third-order valence-electron chi connectivity index (χ3n) is 11.1. The van der Waals surface area contributed by atoms with Gasteiger partial charge in [0, 0.05) is 16.7 Å². The van der Waals surface area contributed by atoms with E-state index in [4.69, 9.17) is 15.0 Å². The first kappa shape index (κ1) is 33.6. The van der Waals surface area contributed by atoms with Crippen molar-refractivity contribution in [2.75, 3.05) is 0 Å². The molecule has 9 aromatic rings. The topological polar surface area (TPSA) is 86.2 Å². The zero-order valence-electron chi connectivity index (χ0n) is 30.6. The van der Waals surface area contributed by atoms with Crippen LogP contribution in [0, 0.1) is 22.7 Å². The highest BCUT2D eigenvalue weighted by Gasteiger charge is 2.45. The molecule has 5 heteroatoms. The molecule has 5 nitrogen and oxygen atoms in total. The van der Waals surface area contributed by atoms with E-state index in [0.717, 1.165) is 71.6 Å². The molecule has 0 bridgehead atoms. The molecule has 1 aliphatic rings. The van der Waals surface area contributed by atoms with E-state index in [-0.39, 0.29) is 0 Å². The van der Waals surface area contributed by atoms with Crippen LogP contribution in [0.4, 0.5) is 0 Å². The highest BCUT2D eigenvalue weighted by atomic mass is 15.0. The van der Waals surface area contributed by atoms with Crippen molar-refractivity contribution in [2.45, 2.75) is 5.41 Å². The maximum atomic E-state index is 9.68. The molecule has 10 rings (SSSR count). The number of nitriles is 2. The van der Waals surface area contributed by atoms with Gasteiger partial charge in [0.05, 0.1) is 28.7 Å². The predicted molar refractivity (Wildman–Crippen MR) is 228 cm³/mol. The Balaban J connectivity index is 1.13. The lowest BCUT2D eigenvalue weighted by molar-refractivity contribution is 0.814. The largest absolute Gasteiger partial charge is 0.208 e. The second-order valence-electron chi connectivity index (χ2n) is 14.3. The Kier molecular flexibility index (Phi) is 8.07. The van der Waals surface area contributed by atoms with E-state index in [1.54, 1.807) is 0 Å². The summed E-state index contributed by atoms with van der Waals surface area (Å²) < 4.78 is 0. The minimum atomic E-state index is -0.709. The van der Waals surface area contributed by atoms with Crippen LogP contribution in [-0.4, -0.2) is 15.0 Å². The molecule has 0 aliphatic heterocycles. The van der Waals surface area contributed by atoms with Gasteiger partial charge in [0.25, 0.3) is 0 Å². The highest BCUT2D eigenvalue weighted by Crippen LogP contribution is 2.55. The van der Waals surface area contributed by atoms with Crippen molar-refractivity contribution in [2.24, 2.45) is 0 Å². The first-order valence-corrected chi connectivity index (χ1v) is 18.8. The number of aromatic nitrogens is 3. The molecule has 1 aliphatic carbocycles. The Labute approximate surface area is 330 Å². The summed E-state index contributed by atoms with van der Waals surface area (Å²) >= 11 is 0. The molecule has 0 radical (unpaired) electrons. The Hall–Kier alpha value is -7.99. The summed E-state index contributed by atoms with van der Waals surface area (Å²) in [6.45, 7) is 0. The van der Waals surface area contributed by atoms with Gasteiger partial charge in [-0.05, 0) is 97.4 Å². The zero-order valence-corrected chi connectivity index (χ0v) is 30.6. The summed E-state index contributed by atoms with van der Waals surface area (Å²) in [5, 5.41) is 23.9. The van der Waals surface area contributed by atoms with E-state index in [9.17, 15) is 10.5 Å². The first-order chi connectivity index (χ1) is 28.1. The fourth-order valence-corrected chi connectivity index (χ4v) is 8.27. The molecule has 1 aromatic heterocycles. The van der Waals surface area contributed by atoms with Crippen molar-refractivity contribution in [1.29, 1.82) is 10.5 Å². The number of fused-ring (bicyclic) bond motifs is 3. The summed E-state index contributed by atoms with van der Waals surface area (Å²) in [5.74, 6) is 1.79. The van der Waals surface area contributed by atoms with Crippen LogP contribution in [0.2, 0.25) is 0 Å². The highest BCUT2D eigenvalue weighted by molar-refractivity contribution is 6.00.